The summed E-state index contributed by atoms with van der Waals surface area (Å²) in [6.07, 6.45) is 0.0978. The summed E-state index contributed by atoms with van der Waals surface area (Å²) in [5.41, 5.74) is 1.05. The molecule has 8 nitrogen and oxygen atoms in total. The third-order valence-electron chi connectivity index (χ3n) is 7.04. The Balaban J connectivity index is 1.80. The summed E-state index contributed by atoms with van der Waals surface area (Å²) >= 11 is 0. The number of halogens is 2. The van der Waals surface area contributed by atoms with E-state index >= 15 is 0 Å². The third-order valence-corrected chi connectivity index (χ3v) is 8.82. The average Bonchev–Trinajstić information content (AvgIpc) is 3.03. The number of hydrogen-bond acceptors (Lipinski definition) is 5. The van der Waals surface area contributed by atoms with Crippen LogP contribution < -0.4 is 14.4 Å². The fourth-order valence-corrected chi connectivity index (χ4v) is 6.21. The number of hydrogen-bond donors (Lipinski definition) is 1. The Morgan fingerprint density at radius 1 is 0.844 bits per heavy atom. The summed E-state index contributed by atoms with van der Waals surface area (Å²) in [7, 11) is -4.42. The predicted molar refractivity (Wildman–Crippen MR) is 168 cm³/mol. The van der Waals surface area contributed by atoms with Crippen molar-refractivity contribution >= 4 is 27.5 Å². The largest absolute Gasteiger partial charge is 0.494 e. The second kappa shape index (κ2) is 15.3. The number of ether oxygens (including phenoxy) is 1. The van der Waals surface area contributed by atoms with Gasteiger partial charge in [-0.05, 0) is 74.0 Å². The summed E-state index contributed by atoms with van der Waals surface area (Å²) < 4.78 is 63.0. The van der Waals surface area contributed by atoms with Crippen molar-refractivity contribution in [3.05, 3.63) is 126 Å². The molecule has 4 rings (SSSR count). The second-order valence-electron chi connectivity index (χ2n) is 10.1. The van der Waals surface area contributed by atoms with E-state index in [1.165, 1.54) is 35.2 Å². The predicted octanol–water partition coefficient (Wildman–Crippen LogP) is 5.34. The number of nitrogens with one attached hydrogen (secondary N) is 1. The van der Waals surface area contributed by atoms with E-state index in [-0.39, 0.29) is 35.7 Å². The molecule has 0 aromatic heterocycles. The molecule has 0 aliphatic carbocycles. The number of sulfonamides is 1. The summed E-state index contributed by atoms with van der Waals surface area (Å²) in [5.74, 6) is -1.93. The molecule has 0 aliphatic heterocycles. The zero-order valence-corrected chi connectivity index (χ0v) is 25.8. The number of nitrogens with zero attached hydrogens (tertiary/aromatic N) is 2. The molecule has 4 aromatic carbocycles. The first-order chi connectivity index (χ1) is 21.6. The molecule has 1 atom stereocenters. The summed E-state index contributed by atoms with van der Waals surface area (Å²) in [4.78, 5) is 28.8. The van der Waals surface area contributed by atoms with Crippen LogP contribution in [0.1, 0.15) is 25.0 Å². The number of anilines is 1. The van der Waals surface area contributed by atoms with Crippen molar-refractivity contribution < 1.29 is 31.5 Å². The molecule has 0 saturated carbocycles. The van der Waals surface area contributed by atoms with E-state index in [4.69, 9.17) is 4.74 Å². The summed E-state index contributed by atoms with van der Waals surface area (Å²) in [6.45, 7) is 3.19. The van der Waals surface area contributed by atoms with Gasteiger partial charge in [-0.15, -0.1) is 0 Å². The molecular formula is C34H35F2N3O5S. The highest BCUT2D eigenvalue weighted by Gasteiger charge is 2.35. The maximum atomic E-state index is 14.9. The van der Waals surface area contributed by atoms with Gasteiger partial charge in [0.1, 0.15) is 30.0 Å². The maximum Gasteiger partial charge on any atom is 0.264 e. The van der Waals surface area contributed by atoms with Crippen LogP contribution in [0.25, 0.3) is 0 Å². The Kier molecular flexibility index (Phi) is 11.3. The SMILES string of the molecule is CCNC(=O)[C@H](Cc1ccccc1)N(Cc1ccccc1F)C(=O)CN(c1ccc(OCC)cc1)S(=O)(=O)c1ccc(F)cc1. The zero-order valence-electron chi connectivity index (χ0n) is 25.0. The van der Waals surface area contributed by atoms with Crippen LogP contribution in [0.4, 0.5) is 14.5 Å². The first-order valence-electron chi connectivity index (χ1n) is 14.5. The van der Waals surface area contributed by atoms with Gasteiger partial charge in [-0.25, -0.2) is 17.2 Å². The smallest absolute Gasteiger partial charge is 0.264 e. The van der Waals surface area contributed by atoms with E-state index in [1.54, 1.807) is 37.3 Å². The van der Waals surface area contributed by atoms with Crippen molar-refractivity contribution in [1.82, 2.24) is 10.2 Å². The Hall–Kier alpha value is -4.77. The lowest BCUT2D eigenvalue weighted by Crippen LogP contribution is -2.53. The highest BCUT2D eigenvalue weighted by molar-refractivity contribution is 7.92. The van der Waals surface area contributed by atoms with Crippen LogP contribution in [-0.2, 0) is 32.6 Å². The minimum Gasteiger partial charge on any atom is -0.494 e. The van der Waals surface area contributed by atoms with Crippen molar-refractivity contribution in [2.24, 2.45) is 0 Å². The number of likely N-dealkylation sites (N-methyl/N-ethyl adjacent to an activating group) is 1. The summed E-state index contributed by atoms with van der Waals surface area (Å²) in [6, 6.07) is 24.2. The van der Waals surface area contributed by atoms with Gasteiger partial charge in [0.25, 0.3) is 10.0 Å². The quantitative estimate of drug-likeness (QED) is 0.202. The van der Waals surface area contributed by atoms with Gasteiger partial charge in [-0.1, -0.05) is 48.5 Å². The highest BCUT2D eigenvalue weighted by Crippen LogP contribution is 2.27. The van der Waals surface area contributed by atoms with Crippen molar-refractivity contribution in [3.63, 3.8) is 0 Å². The van der Waals surface area contributed by atoms with Gasteiger partial charge < -0.3 is 15.0 Å². The molecule has 0 radical (unpaired) electrons. The Labute approximate surface area is 262 Å². The Morgan fingerprint density at radius 3 is 2.11 bits per heavy atom. The van der Waals surface area contributed by atoms with Crippen molar-refractivity contribution in [3.8, 4) is 5.75 Å². The minimum atomic E-state index is -4.42. The molecule has 0 unspecified atom stereocenters. The third kappa shape index (κ3) is 8.45. The van der Waals surface area contributed by atoms with Gasteiger partial charge in [0.05, 0.1) is 17.2 Å². The molecular weight excluding hydrogens is 600 g/mol. The second-order valence-corrected chi connectivity index (χ2v) is 12.0. The molecule has 0 bridgehead atoms. The van der Waals surface area contributed by atoms with Crippen LogP contribution in [0, 0.1) is 11.6 Å². The van der Waals surface area contributed by atoms with Crippen LogP contribution >= 0.6 is 0 Å². The number of carbonyl (C=O) groups excluding carboxylic acids is 2. The Morgan fingerprint density at radius 2 is 1.49 bits per heavy atom. The standard InChI is InChI=1S/C34H35F2N3O5S/c1-3-37-34(41)32(22-25-10-6-5-7-11-25)38(23-26-12-8-9-13-31(26)36)33(40)24-39(28-16-18-29(19-17-28)44-4-2)45(42,43)30-20-14-27(35)15-21-30/h5-21,32H,3-4,22-24H2,1-2H3,(H,37,41)/t32-/m0/s1. The summed E-state index contributed by atoms with van der Waals surface area (Å²) in [5, 5.41) is 2.76. The normalized spacial score (nSPS) is 11.8. The van der Waals surface area contributed by atoms with Crippen LogP contribution in [0.15, 0.2) is 108 Å². The monoisotopic (exact) mass is 635 g/mol. The van der Waals surface area contributed by atoms with Gasteiger partial charge in [-0.2, -0.15) is 0 Å². The van der Waals surface area contributed by atoms with Gasteiger partial charge in [0, 0.05) is 25.1 Å². The molecule has 0 fully saturated rings. The highest BCUT2D eigenvalue weighted by atomic mass is 32.2. The van der Waals surface area contributed by atoms with Crippen LogP contribution in [-0.4, -0.2) is 50.9 Å². The molecule has 0 heterocycles. The molecule has 4 aromatic rings. The first-order valence-corrected chi connectivity index (χ1v) is 15.9. The fourth-order valence-electron chi connectivity index (χ4n) is 4.79. The van der Waals surface area contributed by atoms with Crippen molar-refractivity contribution in [2.75, 3.05) is 24.0 Å². The van der Waals surface area contributed by atoms with E-state index in [9.17, 15) is 26.8 Å². The van der Waals surface area contributed by atoms with Gasteiger partial charge in [0.15, 0.2) is 0 Å². The van der Waals surface area contributed by atoms with Crippen LogP contribution in [0.5, 0.6) is 5.75 Å². The number of rotatable bonds is 14. The van der Waals surface area contributed by atoms with E-state index in [0.29, 0.717) is 12.4 Å². The van der Waals surface area contributed by atoms with Crippen molar-refractivity contribution in [1.29, 1.82) is 0 Å². The van der Waals surface area contributed by atoms with E-state index < -0.39 is 46.1 Å². The zero-order chi connectivity index (χ0) is 32.4. The maximum absolute atomic E-state index is 14.9. The molecule has 0 spiro atoms. The van der Waals surface area contributed by atoms with Crippen LogP contribution in [0.2, 0.25) is 0 Å². The van der Waals surface area contributed by atoms with E-state index in [2.05, 4.69) is 5.32 Å². The van der Waals surface area contributed by atoms with Crippen LogP contribution in [0.3, 0.4) is 0 Å². The fraction of sp³-hybridized carbons (Fsp3) is 0.235. The van der Waals surface area contributed by atoms with E-state index in [1.807, 2.05) is 25.1 Å². The molecule has 0 aliphatic rings. The van der Waals surface area contributed by atoms with Gasteiger partial charge in [0.2, 0.25) is 11.8 Å². The van der Waals surface area contributed by atoms with Crippen molar-refractivity contribution in [2.45, 2.75) is 37.8 Å². The Bertz CT molecular complexity index is 1690. The number of carbonyl (C=O) groups is 2. The van der Waals surface area contributed by atoms with Gasteiger partial charge in [-0.3, -0.25) is 13.9 Å². The average molecular weight is 636 g/mol. The van der Waals surface area contributed by atoms with E-state index in [0.717, 1.165) is 34.1 Å². The lowest BCUT2D eigenvalue weighted by Gasteiger charge is -2.34. The molecule has 11 heteroatoms. The molecule has 2 amide bonds. The topological polar surface area (TPSA) is 96.0 Å². The molecule has 0 saturated heterocycles. The molecule has 45 heavy (non-hydrogen) atoms. The number of benzene rings is 4. The lowest BCUT2D eigenvalue weighted by atomic mass is 10.0. The first kappa shape index (κ1) is 33.1. The minimum absolute atomic E-state index is 0.0978. The van der Waals surface area contributed by atoms with Gasteiger partial charge >= 0.3 is 0 Å². The molecule has 236 valence electrons. The lowest BCUT2D eigenvalue weighted by molar-refractivity contribution is -0.140. The number of amides is 2. The molecule has 1 N–H and O–H groups in total.